The quantitative estimate of drug-likeness (QED) is 0.829. The van der Waals surface area contributed by atoms with Crippen LogP contribution in [0.5, 0.6) is 0 Å². The second-order valence-electron chi connectivity index (χ2n) is 9.17. The summed E-state index contributed by atoms with van der Waals surface area (Å²) in [6, 6.07) is 8.74. The molecule has 3 heteroatoms. The van der Waals surface area contributed by atoms with Crippen LogP contribution < -0.4 is 10.2 Å². The summed E-state index contributed by atoms with van der Waals surface area (Å²) in [5, 5.41) is 3.32. The maximum absolute atomic E-state index is 13.0. The van der Waals surface area contributed by atoms with Crippen molar-refractivity contribution in [2.75, 3.05) is 24.5 Å². The van der Waals surface area contributed by atoms with E-state index in [2.05, 4.69) is 34.5 Å². The van der Waals surface area contributed by atoms with Crippen molar-refractivity contribution < 1.29 is 4.79 Å². The van der Waals surface area contributed by atoms with Gasteiger partial charge in [0.2, 0.25) is 5.91 Å². The summed E-state index contributed by atoms with van der Waals surface area (Å²) >= 11 is 0. The van der Waals surface area contributed by atoms with Gasteiger partial charge in [0.1, 0.15) is 0 Å². The molecule has 134 valence electrons. The number of hydrogen-bond acceptors (Lipinski definition) is 2. The van der Waals surface area contributed by atoms with Gasteiger partial charge in [-0.2, -0.15) is 0 Å². The first-order chi connectivity index (χ1) is 12.2. The van der Waals surface area contributed by atoms with E-state index in [-0.39, 0.29) is 5.41 Å². The van der Waals surface area contributed by atoms with Crippen molar-refractivity contribution in [1.82, 2.24) is 5.32 Å². The van der Waals surface area contributed by atoms with Crippen molar-refractivity contribution in [3.05, 3.63) is 29.8 Å². The van der Waals surface area contributed by atoms with Crippen molar-refractivity contribution in [3.8, 4) is 0 Å². The van der Waals surface area contributed by atoms with E-state index in [0.29, 0.717) is 5.91 Å². The van der Waals surface area contributed by atoms with Crippen molar-refractivity contribution >= 4 is 11.6 Å². The van der Waals surface area contributed by atoms with Crippen LogP contribution in [0.4, 0.5) is 5.69 Å². The summed E-state index contributed by atoms with van der Waals surface area (Å²) in [4.78, 5) is 15.4. The molecule has 0 spiro atoms. The molecule has 25 heavy (non-hydrogen) atoms. The van der Waals surface area contributed by atoms with Crippen LogP contribution in [0.1, 0.15) is 50.5 Å². The van der Waals surface area contributed by atoms with Gasteiger partial charge in [0.05, 0.1) is 0 Å². The van der Waals surface area contributed by atoms with Crippen molar-refractivity contribution in [2.24, 2.45) is 23.2 Å². The van der Waals surface area contributed by atoms with Crippen LogP contribution in [0.3, 0.4) is 0 Å². The molecule has 5 aliphatic rings. The molecule has 1 aromatic carbocycles. The van der Waals surface area contributed by atoms with E-state index in [1.807, 2.05) is 0 Å². The number of carbonyl (C=O) groups excluding carboxylic acids is 1. The van der Waals surface area contributed by atoms with Crippen LogP contribution in [0, 0.1) is 23.2 Å². The fourth-order valence-corrected chi connectivity index (χ4v) is 6.69. The van der Waals surface area contributed by atoms with Crippen LogP contribution in [0.2, 0.25) is 0 Å². The van der Waals surface area contributed by atoms with Gasteiger partial charge in [0, 0.05) is 30.7 Å². The molecule has 1 amide bonds. The Labute approximate surface area is 151 Å². The molecule has 4 fully saturated rings. The lowest BCUT2D eigenvalue weighted by molar-refractivity contribution is -0.146. The topological polar surface area (TPSA) is 32.3 Å². The van der Waals surface area contributed by atoms with E-state index in [0.717, 1.165) is 50.2 Å². The largest absolute Gasteiger partial charge is 0.371 e. The van der Waals surface area contributed by atoms with Gasteiger partial charge in [-0.1, -0.05) is 18.2 Å². The Morgan fingerprint density at radius 2 is 1.76 bits per heavy atom. The van der Waals surface area contributed by atoms with Crippen molar-refractivity contribution in [1.29, 1.82) is 0 Å². The van der Waals surface area contributed by atoms with Gasteiger partial charge in [-0.05, 0) is 80.8 Å². The van der Waals surface area contributed by atoms with Crippen molar-refractivity contribution in [2.45, 2.75) is 51.4 Å². The third kappa shape index (κ3) is 2.76. The molecular formula is C22H30N2O. The molecule has 0 saturated heterocycles. The molecule has 4 bridgehead atoms. The Kier molecular flexibility index (Phi) is 3.79. The smallest absolute Gasteiger partial charge is 0.226 e. The van der Waals surface area contributed by atoms with E-state index >= 15 is 0 Å². The fourth-order valence-electron chi connectivity index (χ4n) is 6.69. The minimum absolute atomic E-state index is 0.00892. The summed E-state index contributed by atoms with van der Waals surface area (Å²) in [5.41, 5.74) is 2.88. The number of nitrogens with one attached hydrogen (secondary N) is 1. The third-order valence-corrected chi connectivity index (χ3v) is 7.39. The minimum Gasteiger partial charge on any atom is -0.371 e. The predicted octanol–water partition coefficient (Wildman–Crippen LogP) is 3.77. The molecule has 0 aromatic heterocycles. The lowest BCUT2D eigenvalue weighted by atomic mass is 9.49. The lowest BCUT2D eigenvalue weighted by Gasteiger charge is -2.55. The molecule has 0 radical (unpaired) electrons. The molecule has 6 rings (SSSR count). The molecule has 4 aliphatic carbocycles. The fraction of sp³-hybridized carbons (Fsp3) is 0.682. The normalized spacial score (nSPS) is 35.0. The summed E-state index contributed by atoms with van der Waals surface area (Å²) in [6.45, 7) is 3.01. The number of amides is 1. The Bertz CT molecular complexity index is 632. The average molecular weight is 338 g/mol. The average Bonchev–Trinajstić information content (AvgIpc) is 3.00. The number of benzene rings is 1. The zero-order chi connectivity index (χ0) is 16.9. The Balaban J connectivity index is 1.13. The first kappa shape index (κ1) is 15.7. The first-order valence-electron chi connectivity index (χ1n) is 10.3. The highest BCUT2D eigenvalue weighted by Crippen LogP contribution is 2.60. The molecule has 0 unspecified atom stereocenters. The van der Waals surface area contributed by atoms with E-state index in [9.17, 15) is 4.79 Å². The van der Waals surface area contributed by atoms with Gasteiger partial charge in [-0.3, -0.25) is 4.79 Å². The van der Waals surface area contributed by atoms with Gasteiger partial charge in [0.15, 0.2) is 0 Å². The Morgan fingerprint density at radius 1 is 1.08 bits per heavy atom. The second kappa shape index (κ2) is 6.03. The highest BCUT2D eigenvalue weighted by atomic mass is 16.2. The van der Waals surface area contributed by atoms with Gasteiger partial charge in [-0.25, -0.2) is 0 Å². The van der Waals surface area contributed by atoms with E-state index < -0.39 is 0 Å². The van der Waals surface area contributed by atoms with Crippen LogP contribution in [0.15, 0.2) is 24.3 Å². The third-order valence-electron chi connectivity index (χ3n) is 7.39. The highest BCUT2D eigenvalue weighted by molar-refractivity contribution is 5.83. The summed E-state index contributed by atoms with van der Waals surface area (Å²) < 4.78 is 0. The standard InChI is InChI=1S/C22H30N2O/c25-21(22-13-16-10-17(14-22)12-18(11-16)15-22)23-7-3-8-24-9-6-19-4-1-2-5-20(19)24/h1-2,4-5,16-18H,3,6-15H2,(H,23,25). The number of anilines is 1. The van der Waals surface area contributed by atoms with Gasteiger partial charge >= 0.3 is 0 Å². The summed E-state index contributed by atoms with van der Waals surface area (Å²) in [7, 11) is 0. The summed E-state index contributed by atoms with van der Waals surface area (Å²) in [6.07, 6.45) is 9.93. The van der Waals surface area contributed by atoms with Crippen LogP contribution >= 0.6 is 0 Å². The summed E-state index contributed by atoms with van der Waals surface area (Å²) in [5.74, 6) is 2.92. The van der Waals surface area contributed by atoms with Gasteiger partial charge in [-0.15, -0.1) is 0 Å². The molecule has 1 heterocycles. The molecule has 4 saturated carbocycles. The second-order valence-corrected chi connectivity index (χ2v) is 9.17. The highest BCUT2D eigenvalue weighted by Gasteiger charge is 2.54. The number of para-hydroxylation sites is 1. The Morgan fingerprint density at radius 3 is 2.48 bits per heavy atom. The number of hydrogen-bond donors (Lipinski definition) is 1. The van der Waals surface area contributed by atoms with E-state index in [4.69, 9.17) is 0 Å². The number of rotatable bonds is 5. The molecule has 1 aromatic rings. The minimum atomic E-state index is 0.00892. The van der Waals surface area contributed by atoms with E-state index in [1.165, 1.54) is 49.8 Å². The van der Waals surface area contributed by atoms with Crippen molar-refractivity contribution in [3.63, 3.8) is 0 Å². The monoisotopic (exact) mass is 338 g/mol. The number of nitrogens with zero attached hydrogens (tertiary/aromatic N) is 1. The first-order valence-corrected chi connectivity index (χ1v) is 10.3. The number of fused-ring (bicyclic) bond motifs is 1. The van der Waals surface area contributed by atoms with Gasteiger partial charge < -0.3 is 10.2 Å². The maximum Gasteiger partial charge on any atom is 0.226 e. The zero-order valence-electron chi connectivity index (χ0n) is 15.2. The van der Waals surface area contributed by atoms with Crippen LogP contribution in [-0.4, -0.2) is 25.5 Å². The van der Waals surface area contributed by atoms with Crippen LogP contribution in [0.25, 0.3) is 0 Å². The lowest BCUT2D eigenvalue weighted by Crippen LogP contribution is -2.53. The van der Waals surface area contributed by atoms with Gasteiger partial charge in [0.25, 0.3) is 0 Å². The van der Waals surface area contributed by atoms with Crippen LogP contribution in [-0.2, 0) is 11.2 Å². The number of carbonyl (C=O) groups is 1. The molecule has 1 aliphatic heterocycles. The zero-order valence-corrected chi connectivity index (χ0v) is 15.2. The van der Waals surface area contributed by atoms with E-state index in [1.54, 1.807) is 0 Å². The SMILES string of the molecule is O=C(NCCCN1CCc2ccccc21)C12CC3CC(CC(C3)C1)C2. The maximum atomic E-state index is 13.0. The molecule has 3 nitrogen and oxygen atoms in total. The molecular weight excluding hydrogens is 308 g/mol. The Hall–Kier alpha value is -1.51. The molecule has 0 atom stereocenters. The molecule has 1 N–H and O–H groups in total. The predicted molar refractivity (Wildman–Crippen MR) is 101 cm³/mol.